The zero-order chi connectivity index (χ0) is 23.1. The molecular weight excluding hydrogens is 465 g/mol. The van der Waals surface area contributed by atoms with E-state index in [1.54, 1.807) is 17.5 Å². The predicted octanol–water partition coefficient (Wildman–Crippen LogP) is 3.30. The SMILES string of the molecule is CS(=O)(=O)N1CCCC(c2nn(Cc3cccc(C(F)(F)F)c3)c(=O)n2-c2cccs2)C1. The third kappa shape index (κ3) is 4.66. The smallest absolute Gasteiger partial charge is 0.246 e. The Kier molecular flexibility index (Phi) is 6.03. The molecule has 1 saturated heterocycles. The zero-order valence-corrected chi connectivity index (χ0v) is 18.8. The number of alkyl halides is 3. The van der Waals surface area contributed by atoms with E-state index < -0.39 is 27.5 Å². The summed E-state index contributed by atoms with van der Waals surface area (Å²) in [5.41, 5.74) is -0.973. The third-order valence-corrected chi connectivity index (χ3v) is 7.52. The van der Waals surface area contributed by atoms with Crippen molar-refractivity contribution in [2.45, 2.75) is 31.5 Å². The van der Waals surface area contributed by atoms with Gasteiger partial charge >= 0.3 is 11.9 Å². The summed E-state index contributed by atoms with van der Waals surface area (Å²) in [6, 6.07) is 8.32. The highest BCUT2D eigenvalue weighted by Gasteiger charge is 2.32. The van der Waals surface area contributed by atoms with Crippen molar-refractivity contribution in [3.8, 4) is 5.00 Å². The topological polar surface area (TPSA) is 77.2 Å². The third-order valence-electron chi connectivity index (χ3n) is 5.40. The maximum atomic E-state index is 13.2. The summed E-state index contributed by atoms with van der Waals surface area (Å²) in [7, 11) is -3.40. The first-order valence-electron chi connectivity index (χ1n) is 9.89. The lowest BCUT2D eigenvalue weighted by atomic mass is 9.99. The van der Waals surface area contributed by atoms with E-state index in [1.165, 1.54) is 32.3 Å². The van der Waals surface area contributed by atoms with E-state index in [1.807, 2.05) is 0 Å². The van der Waals surface area contributed by atoms with Crippen LogP contribution in [0.3, 0.4) is 0 Å². The first kappa shape index (κ1) is 22.7. The Morgan fingerprint density at radius 1 is 1.22 bits per heavy atom. The van der Waals surface area contributed by atoms with Crippen LogP contribution in [0.25, 0.3) is 5.00 Å². The van der Waals surface area contributed by atoms with Crippen molar-refractivity contribution in [1.82, 2.24) is 18.7 Å². The average Bonchev–Trinajstić information content (AvgIpc) is 3.35. The normalized spacial score (nSPS) is 18.2. The summed E-state index contributed by atoms with van der Waals surface area (Å²) < 4.78 is 67.3. The number of nitrogens with zero attached hydrogens (tertiary/aromatic N) is 4. The van der Waals surface area contributed by atoms with Crippen molar-refractivity contribution in [3.05, 3.63) is 69.2 Å². The van der Waals surface area contributed by atoms with Crippen molar-refractivity contribution in [2.24, 2.45) is 0 Å². The number of piperidine rings is 1. The Bertz CT molecular complexity index is 1260. The van der Waals surface area contributed by atoms with E-state index in [2.05, 4.69) is 5.10 Å². The molecule has 12 heteroatoms. The van der Waals surface area contributed by atoms with Crippen LogP contribution < -0.4 is 5.69 Å². The number of thiophene rings is 1. The fraction of sp³-hybridized carbons (Fsp3) is 0.400. The highest BCUT2D eigenvalue weighted by molar-refractivity contribution is 7.88. The van der Waals surface area contributed by atoms with Crippen molar-refractivity contribution in [2.75, 3.05) is 19.3 Å². The van der Waals surface area contributed by atoms with Gasteiger partial charge < -0.3 is 0 Å². The summed E-state index contributed by atoms with van der Waals surface area (Å²) in [6.07, 6.45) is -2.07. The molecular formula is C20H21F3N4O3S2. The average molecular weight is 487 g/mol. The Hall–Kier alpha value is -2.44. The molecule has 4 rings (SSSR count). The molecule has 0 amide bonds. The maximum absolute atomic E-state index is 13.2. The number of hydrogen-bond acceptors (Lipinski definition) is 5. The molecule has 1 aromatic carbocycles. The summed E-state index contributed by atoms with van der Waals surface area (Å²) in [4.78, 5) is 13.2. The van der Waals surface area contributed by atoms with E-state index in [-0.39, 0.29) is 19.0 Å². The second-order valence-electron chi connectivity index (χ2n) is 7.74. The number of halogens is 3. The minimum atomic E-state index is -4.49. The highest BCUT2D eigenvalue weighted by atomic mass is 32.2. The molecule has 32 heavy (non-hydrogen) atoms. The van der Waals surface area contributed by atoms with Crippen molar-refractivity contribution < 1.29 is 21.6 Å². The Morgan fingerprint density at radius 3 is 2.66 bits per heavy atom. The Morgan fingerprint density at radius 2 is 2.00 bits per heavy atom. The molecule has 0 N–H and O–H groups in total. The van der Waals surface area contributed by atoms with Gasteiger partial charge in [0.25, 0.3) is 0 Å². The van der Waals surface area contributed by atoms with Crippen LogP contribution in [0.1, 0.15) is 35.7 Å². The molecule has 1 unspecified atom stereocenters. The van der Waals surface area contributed by atoms with E-state index >= 15 is 0 Å². The summed E-state index contributed by atoms with van der Waals surface area (Å²) in [6.45, 7) is 0.477. The zero-order valence-electron chi connectivity index (χ0n) is 17.1. The standard InChI is InChI=1S/C20H21F3N4O3S2/c1-32(29,30)25-9-3-6-15(13-25)18-24-26(19(28)27(18)17-8-4-10-31-17)12-14-5-2-7-16(11-14)20(21,22)23/h2,4-5,7-8,10-11,15H,3,6,9,12-13H2,1H3. The minimum Gasteiger partial charge on any atom is -0.246 e. The second-order valence-corrected chi connectivity index (χ2v) is 10.7. The monoisotopic (exact) mass is 486 g/mol. The van der Waals surface area contributed by atoms with Gasteiger partial charge in [-0.05, 0) is 48.1 Å². The van der Waals surface area contributed by atoms with Gasteiger partial charge in [0.15, 0.2) is 0 Å². The van der Waals surface area contributed by atoms with E-state index in [0.29, 0.717) is 35.8 Å². The molecule has 0 saturated carbocycles. The van der Waals surface area contributed by atoms with Crippen LogP contribution in [-0.4, -0.2) is 46.4 Å². The predicted molar refractivity (Wildman–Crippen MR) is 115 cm³/mol. The Labute approximate surface area is 186 Å². The fourth-order valence-electron chi connectivity index (χ4n) is 3.87. The van der Waals surface area contributed by atoms with Gasteiger partial charge in [0.2, 0.25) is 10.0 Å². The quantitative estimate of drug-likeness (QED) is 0.555. The molecule has 7 nitrogen and oxygen atoms in total. The van der Waals surface area contributed by atoms with Crippen LogP contribution in [0.15, 0.2) is 46.6 Å². The van der Waals surface area contributed by atoms with Crippen LogP contribution in [-0.2, 0) is 22.7 Å². The van der Waals surface area contributed by atoms with E-state index in [4.69, 9.17) is 0 Å². The molecule has 0 radical (unpaired) electrons. The van der Waals surface area contributed by atoms with Crippen LogP contribution in [0.5, 0.6) is 0 Å². The molecule has 1 atom stereocenters. The molecule has 1 aliphatic rings. The van der Waals surface area contributed by atoms with Gasteiger partial charge in [-0.2, -0.15) is 18.3 Å². The summed E-state index contributed by atoms with van der Waals surface area (Å²) >= 11 is 1.33. The van der Waals surface area contributed by atoms with Crippen LogP contribution >= 0.6 is 11.3 Å². The highest BCUT2D eigenvalue weighted by Crippen LogP contribution is 2.31. The van der Waals surface area contributed by atoms with E-state index in [0.717, 1.165) is 23.1 Å². The molecule has 3 aromatic rings. The molecule has 172 valence electrons. The number of hydrogen-bond donors (Lipinski definition) is 0. The summed E-state index contributed by atoms with van der Waals surface area (Å²) in [5, 5.41) is 6.89. The van der Waals surface area contributed by atoms with Crippen LogP contribution in [0.4, 0.5) is 13.2 Å². The molecule has 1 fully saturated rings. The van der Waals surface area contributed by atoms with Gasteiger partial charge in [0.05, 0.1) is 18.4 Å². The lowest BCUT2D eigenvalue weighted by Gasteiger charge is -2.30. The van der Waals surface area contributed by atoms with Crippen molar-refractivity contribution in [1.29, 1.82) is 0 Å². The second kappa shape index (κ2) is 8.49. The van der Waals surface area contributed by atoms with Crippen molar-refractivity contribution >= 4 is 21.4 Å². The number of benzene rings is 1. The molecule has 0 bridgehead atoms. The molecule has 0 aliphatic carbocycles. The fourth-order valence-corrected chi connectivity index (χ4v) is 5.51. The van der Waals surface area contributed by atoms with Gasteiger partial charge in [-0.25, -0.2) is 26.8 Å². The van der Waals surface area contributed by atoms with E-state index in [9.17, 15) is 26.4 Å². The Balaban J connectivity index is 1.74. The molecule has 0 spiro atoms. The first-order valence-corrected chi connectivity index (χ1v) is 12.6. The molecule has 3 heterocycles. The minimum absolute atomic E-state index is 0.128. The maximum Gasteiger partial charge on any atom is 0.416 e. The number of sulfonamides is 1. The van der Waals surface area contributed by atoms with Gasteiger partial charge in [-0.15, -0.1) is 11.3 Å². The van der Waals surface area contributed by atoms with Gasteiger partial charge in [0.1, 0.15) is 10.8 Å². The van der Waals surface area contributed by atoms with Crippen LogP contribution in [0.2, 0.25) is 0 Å². The number of aromatic nitrogens is 3. The molecule has 1 aliphatic heterocycles. The van der Waals surface area contributed by atoms with Gasteiger partial charge in [-0.1, -0.05) is 12.1 Å². The lowest BCUT2D eigenvalue weighted by Crippen LogP contribution is -2.39. The largest absolute Gasteiger partial charge is 0.416 e. The lowest BCUT2D eigenvalue weighted by molar-refractivity contribution is -0.137. The number of rotatable bonds is 5. The molecule has 2 aromatic heterocycles. The first-order chi connectivity index (χ1) is 15.0. The summed E-state index contributed by atoms with van der Waals surface area (Å²) in [5.74, 6) is 0.105. The van der Waals surface area contributed by atoms with Crippen molar-refractivity contribution in [3.63, 3.8) is 0 Å². The van der Waals surface area contributed by atoms with Crippen LogP contribution in [0, 0.1) is 0 Å². The van der Waals surface area contributed by atoms with Gasteiger partial charge in [-0.3, -0.25) is 0 Å². The van der Waals surface area contributed by atoms with Gasteiger partial charge in [0, 0.05) is 19.0 Å².